The lowest BCUT2D eigenvalue weighted by atomic mass is 9.70. The maximum Gasteiger partial charge on any atom is 0.0674 e. The summed E-state index contributed by atoms with van der Waals surface area (Å²) in [7, 11) is 0. The molecule has 0 aliphatic heterocycles. The molecule has 2 aliphatic carbocycles. The first-order chi connectivity index (χ1) is 24.9. The van der Waals surface area contributed by atoms with Crippen LogP contribution in [0.15, 0.2) is 140 Å². The first-order valence-electron chi connectivity index (χ1n) is 19.4. The van der Waals surface area contributed by atoms with Crippen LogP contribution in [0.25, 0.3) is 22.3 Å². The standard InChI is InChI=1S/C51H53N/c1-9-31-51(8,52(38-19-13-11-14-20-38)39-21-15-12-16-22-39)37-27-30-43-42-29-26-36(33-46(42)49(5,6)47(43)34-37)50(7,10-2)35-25-28-41-40-23-17-18-24-44(40)48(3,4)45(41)32-35/h11-30,32-34H,9-10,31H2,1-8H3. The highest BCUT2D eigenvalue weighted by molar-refractivity contribution is 5.83. The van der Waals surface area contributed by atoms with Gasteiger partial charge in [0.15, 0.2) is 0 Å². The molecular weight excluding hydrogens is 627 g/mol. The minimum Gasteiger partial charge on any atom is -0.331 e. The van der Waals surface area contributed by atoms with Gasteiger partial charge in [-0.1, -0.05) is 170 Å². The van der Waals surface area contributed by atoms with Crippen LogP contribution in [0.1, 0.15) is 114 Å². The normalized spacial score (nSPS) is 16.9. The van der Waals surface area contributed by atoms with Crippen molar-refractivity contribution in [1.82, 2.24) is 0 Å². The first-order valence-corrected chi connectivity index (χ1v) is 19.4. The Bertz CT molecular complexity index is 2240. The summed E-state index contributed by atoms with van der Waals surface area (Å²) in [6.07, 6.45) is 3.14. The van der Waals surface area contributed by atoms with E-state index < -0.39 is 0 Å². The average molecular weight is 680 g/mol. The highest BCUT2D eigenvalue weighted by Crippen LogP contribution is 2.54. The zero-order chi connectivity index (χ0) is 36.5. The van der Waals surface area contributed by atoms with Crippen molar-refractivity contribution in [2.75, 3.05) is 4.90 Å². The van der Waals surface area contributed by atoms with Crippen LogP contribution in [0.4, 0.5) is 11.4 Å². The molecule has 1 heteroatoms. The Kier molecular flexibility index (Phi) is 8.14. The Morgan fingerprint density at radius 3 is 1.35 bits per heavy atom. The summed E-state index contributed by atoms with van der Waals surface area (Å²) in [5, 5.41) is 0. The maximum absolute atomic E-state index is 2.56. The highest BCUT2D eigenvalue weighted by atomic mass is 15.2. The molecule has 0 amide bonds. The van der Waals surface area contributed by atoms with Crippen molar-refractivity contribution in [2.24, 2.45) is 0 Å². The SMILES string of the molecule is CCCC(C)(c1ccc2c(c1)C(C)(C)c1cc(C(C)(CC)c3ccc4c(c3)C(C)(C)c3ccccc3-4)ccc1-2)N(c1ccccc1)c1ccccc1. The maximum atomic E-state index is 2.56. The van der Waals surface area contributed by atoms with Crippen LogP contribution in [0.5, 0.6) is 0 Å². The molecule has 0 saturated carbocycles. The van der Waals surface area contributed by atoms with E-state index in [0.717, 1.165) is 19.3 Å². The van der Waals surface area contributed by atoms with Crippen LogP contribution >= 0.6 is 0 Å². The molecule has 1 nitrogen and oxygen atoms in total. The number of para-hydroxylation sites is 2. The summed E-state index contributed by atoms with van der Waals surface area (Å²) < 4.78 is 0. The number of hydrogen-bond donors (Lipinski definition) is 0. The molecule has 0 aromatic heterocycles. The smallest absolute Gasteiger partial charge is 0.0674 e. The van der Waals surface area contributed by atoms with Crippen molar-refractivity contribution in [2.45, 2.75) is 96.4 Å². The van der Waals surface area contributed by atoms with Crippen molar-refractivity contribution in [3.05, 3.63) is 178 Å². The van der Waals surface area contributed by atoms with Gasteiger partial charge in [-0.25, -0.2) is 0 Å². The van der Waals surface area contributed by atoms with Gasteiger partial charge in [0.2, 0.25) is 0 Å². The minimum absolute atomic E-state index is 0.0151. The van der Waals surface area contributed by atoms with Crippen molar-refractivity contribution in [1.29, 1.82) is 0 Å². The van der Waals surface area contributed by atoms with E-state index in [1.807, 2.05) is 0 Å². The van der Waals surface area contributed by atoms with E-state index in [9.17, 15) is 0 Å². The molecule has 0 N–H and O–H groups in total. The van der Waals surface area contributed by atoms with Crippen molar-refractivity contribution in [3.63, 3.8) is 0 Å². The Balaban J connectivity index is 1.21. The lowest BCUT2D eigenvalue weighted by Gasteiger charge is -2.44. The molecule has 2 atom stereocenters. The molecule has 0 spiro atoms. The lowest BCUT2D eigenvalue weighted by Crippen LogP contribution is -2.41. The number of nitrogens with zero attached hydrogens (tertiary/aromatic N) is 1. The van der Waals surface area contributed by atoms with Crippen LogP contribution in [0, 0.1) is 0 Å². The lowest BCUT2D eigenvalue weighted by molar-refractivity contribution is 0.435. The number of anilines is 2. The summed E-state index contributed by atoms with van der Waals surface area (Å²) >= 11 is 0. The fourth-order valence-electron chi connectivity index (χ4n) is 9.78. The van der Waals surface area contributed by atoms with Crippen LogP contribution in [-0.4, -0.2) is 0 Å². The molecule has 2 unspecified atom stereocenters. The van der Waals surface area contributed by atoms with Gasteiger partial charge in [0.05, 0.1) is 5.54 Å². The van der Waals surface area contributed by atoms with E-state index in [0.29, 0.717) is 0 Å². The van der Waals surface area contributed by atoms with Gasteiger partial charge in [-0.15, -0.1) is 0 Å². The monoisotopic (exact) mass is 679 g/mol. The zero-order valence-corrected chi connectivity index (χ0v) is 32.3. The molecule has 52 heavy (non-hydrogen) atoms. The molecular formula is C51H53N. The molecule has 262 valence electrons. The summed E-state index contributed by atoms with van der Waals surface area (Å²) in [5.74, 6) is 0. The fourth-order valence-corrected chi connectivity index (χ4v) is 9.78. The first kappa shape index (κ1) is 34.2. The Morgan fingerprint density at radius 1 is 0.462 bits per heavy atom. The summed E-state index contributed by atoms with van der Waals surface area (Å²) in [6, 6.07) is 52.9. The topological polar surface area (TPSA) is 3.24 Å². The predicted molar refractivity (Wildman–Crippen MR) is 222 cm³/mol. The molecule has 2 aliphatic rings. The largest absolute Gasteiger partial charge is 0.331 e. The van der Waals surface area contributed by atoms with Gasteiger partial charge in [0.1, 0.15) is 0 Å². The predicted octanol–water partition coefficient (Wildman–Crippen LogP) is 13.9. The molecule has 8 rings (SSSR count). The van der Waals surface area contributed by atoms with Crippen molar-refractivity contribution in [3.8, 4) is 22.3 Å². The van der Waals surface area contributed by atoms with Gasteiger partial charge in [-0.05, 0) is 105 Å². The third-order valence-corrected chi connectivity index (χ3v) is 13.1. The highest BCUT2D eigenvalue weighted by Gasteiger charge is 2.42. The van der Waals surface area contributed by atoms with Crippen LogP contribution in [0.2, 0.25) is 0 Å². The zero-order valence-electron chi connectivity index (χ0n) is 32.3. The molecule has 0 bridgehead atoms. The van der Waals surface area contributed by atoms with E-state index in [1.54, 1.807) is 0 Å². The Hall–Kier alpha value is -4.88. The van der Waals surface area contributed by atoms with E-state index in [2.05, 4.69) is 200 Å². The second-order valence-electron chi connectivity index (χ2n) is 16.8. The van der Waals surface area contributed by atoms with Gasteiger partial charge >= 0.3 is 0 Å². The molecule has 0 saturated heterocycles. The third-order valence-electron chi connectivity index (χ3n) is 13.1. The molecule has 0 fully saturated rings. The average Bonchev–Trinajstić information content (AvgIpc) is 3.54. The van der Waals surface area contributed by atoms with Gasteiger partial charge in [-0.3, -0.25) is 0 Å². The molecule has 6 aromatic rings. The van der Waals surface area contributed by atoms with Crippen LogP contribution in [-0.2, 0) is 21.8 Å². The van der Waals surface area contributed by atoms with Crippen LogP contribution < -0.4 is 4.90 Å². The second kappa shape index (κ2) is 12.4. The quantitative estimate of drug-likeness (QED) is 0.147. The van der Waals surface area contributed by atoms with E-state index in [-0.39, 0.29) is 21.8 Å². The summed E-state index contributed by atoms with van der Waals surface area (Å²) in [4.78, 5) is 2.56. The Morgan fingerprint density at radius 2 is 0.865 bits per heavy atom. The molecule has 6 aromatic carbocycles. The van der Waals surface area contributed by atoms with E-state index in [1.165, 1.54) is 72.6 Å². The van der Waals surface area contributed by atoms with Crippen molar-refractivity contribution < 1.29 is 0 Å². The van der Waals surface area contributed by atoms with Gasteiger partial charge in [0.25, 0.3) is 0 Å². The van der Waals surface area contributed by atoms with E-state index >= 15 is 0 Å². The number of benzene rings is 6. The van der Waals surface area contributed by atoms with Gasteiger partial charge in [-0.2, -0.15) is 0 Å². The third kappa shape index (κ3) is 5.03. The minimum atomic E-state index is -0.246. The summed E-state index contributed by atoms with van der Waals surface area (Å²) in [5.41, 5.74) is 17.4. The summed E-state index contributed by atoms with van der Waals surface area (Å²) in [6.45, 7) is 19.2. The van der Waals surface area contributed by atoms with Gasteiger partial charge < -0.3 is 4.90 Å². The van der Waals surface area contributed by atoms with Gasteiger partial charge in [0, 0.05) is 27.6 Å². The Labute approximate surface area is 312 Å². The van der Waals surface area contributed by atoms with E-state index in [4.69, 9.17) is 0 Å². The second-order valence-corrected chi connectivity index (χ2v) is 16.8. The van der Waals surface area contributed by atoms with Crippen LogP contribution in [0.3, 0.4) is 0 Å². The van der Waals surface area contributed by atoms with Crippen molar-refractivity contribution >= 4 is 11.4 Å². The molecule has 0 heterocycles. The fraction of sp³-hybridized carbons (Fsp3) is 0.294. The number of hydrogen-bond acceptors (Lipinski definition) is 1. The number of fused-ring (bicyclic) bond motifs is 6. The number of rotatable bonds is 9. The molecule has 0 radical (unpaired) electrons.